The first kappa shape index (κ1) is 12.1. The summed E-state index contributed by atoms with van der Waals surface area (Å²) in [5.41, 5.74) is 0.703. The molecular weight excluding hydrogens is 208 g/mol. The van der Waals surface area contributed by atoms with Crippen molar-refractivity contribution in [1.29, 1.82) is 0 Å². The molecule has 0 aromatic heterocycles. The van der Waals surface area contributed by atoms with Gasteiger partial charge in [0.05, 0.1) is 20.2 Å². The summed E-state index contributed by atoms with van der Waals surface area (Å²) in [6, 6.07) is 2.86. The van der Waals surface area contributed by atoms with E-state index in [9.17, 15) is 9.90 Å². The number of rotatable bonds is 4. The SMILES string of the molecule is C/C=C/c1cc(C(=O)[O-])cc(OC)c1OC. The molecule has 16 heavy (non-hydrogen) atoms. The number of carbonyl (C=O) groups is 1. The van der Waals surface area contributed by atoms with Crippen molar-refractivity contribution in [2.24, 2.45) is 0 Å². The van der Waals surface area contributed by atoms with Crippen molar-refractivity contribution in [3.05, 3.63) is 29.3 Å². The lowest BCUT2D eigenvalue weighted by molar-refractivity contribution is -0.255. The molecule has 0 aliphatic rings. The number of methoxy groups -OCH3 is 2. The highest BCUT2D eigenvalue weighted by atomic mass is 16.5. The van der Waals surface area contributed by atoms with E-state index < -0.39 is 5.97 Å². The number of aromatic carboxylic acids is 1. The van der Waals surface area contributed by atoms with Crippen molar-refractivity contribution in [1.82, 2.24) is 0 Å². The van der Waals surface area contributed by atoms with Gasteiger partial charge in [0.15, 0.2) is 11.5 Å². The van der Waals surface area contributed by atoms with E-state index in [0.717, 1.165) is 0 Å². The normalized spacial score (nSPS) is 10.4. The van der Waals surface area contributed by atoms with Gasteiger partial charge in [-0.05, 0) is 19.1 Å². The minimum Gasteiger partial charge on any atom is -0.545 e. The average Bonchev–Trinajstić information content (AvgIpc) is 2.28. The third-order valence-corrected chi connectivity index (χ3v) is 2.09. The van der Waals surface area contributed by atoms with Gasteiger partial charge in [-0.1, -0.05) is 12.2 Å². The van der Waals surface area contributed by atoms with Crippen LogP contribution in [0.15, 0.2) is 18.2 Å². The van der Waals surface area contributed by atoms with Crippen LogP contribution in [-0.4, -0.2) is 20.2 Å². The highest BCUT2D eigenvalue weighted by Crippen LogP contribution is 2.33. The number of allylic oxidation sites excluding steroid dienone is 1. The molecule has 0 heterocycles. The van der Waals surface area contributed by atoms with Gasteiger partial charge in [-0.15, -0.1) is 0 Å². The fourth-order valence-corrected chi connectivity index (χ4v) is 1.42. The van der Waals surface area contributed by atoms with Gasteiger partial charge in [0.2, 0.25) is 0 Å². The van der Waals surface area contributed by atoms with Crippen LogP contribution in [0.4, 0.5) is 0 Å². The van der Waals surface area contributed by atoms with E-state index in [1.165, 1.54) is 26.4 Å². The number of benzene rings is 1. The Bertz CT molecular complexity index is 421. The lowest BCUT2D eigenvalue weighted by atomic mass is 10.1. The third-order valence-electron chi connectivity index (χ3n) is 2.09. The zero-order valence-corrected chi connectivity index (χ0v) is 9.44. The number of carbonyl (C=O) groups excluding carboxylic acids is 1. The molecule has 0 aliphatic carbocycles. The average molecular weight is 221 g/mol. The molecule has 1 aromatic carbocycles. The zero-order chi connectivity index (χ0) is 12.1. The molecule has 0 radical (unpaired) electrons. The first-order chi connectivity index (χ1) is 7.63. The highest BCUT2D eigenvalue weighted by molar-refractivity contribution is 5.88. The Hall–Kier alpha value is -1.97. The second-order valence-electron chi connectivity index (χ2n) is 3.09. The van der Waals surface area contributed by atoms with Gasteiger partial charge < -0.3 is 19.4 Å². The molecule has 0 atom stereocenters. The number of carboxylic acids is 1. The molecule has 1 aromatic rings. The van der Waals surface area contributed by atoms with Crippen LogP contribution in [0.25, 0.3) is 6.08 Å². The maximum atomic E-state index is 10.8. The van der Waals surface area contributed by atoms with Crippen LogP contribution < -0.4 is 14.6 Å². The number of carboxylic acid groups (broad SMARTS) is 1. The van der Waals surface area contributed by atoms with Crippen LogP contribution >= 0.6 is 0 Å². The first-order valence-electron chi connectivity index (χ1n) is 4.74. The van der Waals surface area contributed by atoms with E-state index in [1.807, 2.05) is 6.92 Å². The maximum absolute atomic E-state index is 10.8. The maximum Gasteiger partial charge on any atom is 0.167 e. The van der Waals surface area contributed by atoms with Gasteiger partial charge >= 0.3 is 0 Å². The number of ether oxygens (including phenoxy) is 2. The van der Waals surface area contributed by atoms with E-state index in [1.54, 1.807) is 12.2 Å². The summed E-state index contributed by atoms with van der Waals surface area (Å²) in [4.78, 5) is 10.8. The van der Waals surface area contributed by atoms with Crippen LogP contribution in [-0.2, 0) is 0 Å². The van der Waals surface area contributed by atoms with Gasteiger partial charge in [0.1, 0.15) is 0 Å². The first-order valence-corrected chi connectivity index (χ1v) is 4.74. The van der Waals surface area contributed by atoms with Crippen LogP contribution in [0.1, 0.15) is 22.8 Å². The van der Waals surface area contributed by atoms with Crippen molar-refractivity contribution < 1.29 is 19.4 Å². The predicted molar refractivity (Wildman–Crippen MR) is 58.6 cm³/mol. The van der Waals surface area contributed by atoms with Crippen molar-refractivity contribution in [2.75, 3.05) is 14.2 Å². The summed E-state index contributed by atoms with van der Waals surface area (Å²) in [6.07, 6.45) is 3.53. The van der Waals surface area contributed by atoms with Crippen LogP contribution in [0, 0.1) is 0 Å². The molecular formula is C12H13O4-. The Morgan fingerprint density at radius 2 is 2.00 bits per heavy atom. The van der Waals surface area contributed by atoms with Gasteiger partial charge in [0, 0.05) is 11.1 Å². The summed E-state index contributed by atoms with van der Waals surface area (Å²) in [6.45, 7) is 1.83. The summed E-state index contributed by atoms with van der Waals surface area (Å²) in [5.74, 6) is -0.366. The molecule has 0 N–H and O–H groups in total. The predicted octanol–water partition coefficient (Wildman–Crippen LogP) is 1.10. The zero-order valence-electron chi connectivity index (χ0n) is 9.44. The lowest BCUT2D eigenvalue weighted by Crippen LogP contribution is -2.22. The molecule has 0 saturated heterocycles. The minimum absolute atomic E-state index is 0.0609. The molecule has 0 fully saturated rings. The molecule has 0 amide bonds. The number of hydrogen-bond acceptors (Lipinski definition) is 4. The molecule has 4 nitrogen and oxygen atoms in total. The summed E-state index contributed by atoms with van der Waals surface area (Å²) in [7, 11) is 2.96. The monoisotopic (exact) mass is 221 g/mol. The van der Waals surface area contributed by atoms with E-state index >= 15 is 0 Å². The Morgan fingerprint density at radius 1 is 1.31 bits per heavy atom. The molecule has 0 aliphatic heterocycles. The van der Waals surface area contributed by atoms with Crippen molar-refractivity contribution in [2.45, 2.75) is 6.92 Å². The van der Waals surface area contributed by atoms with E-state index in [4.69, 9.17) is 9.47 Å². The van der Waals surface area contributed by atoms with Gasteiger partial charge in [-0.2, -0.15) is 0 Å². The van der Waals surface area contributed by atoms with Gasteiger partial charge in [-0.3, -0.25) is 0 Å². The van der Waals surface area contributed by atoms with E-state index in [2.05, 4.69) is 0 Å². The number of hydrogen-bond donors (Lipinski definition) is 0. The molecule has 4 heteroatoms. The van der Waals surface area contributed by atoms with E-state index in [-0.39, 0.29) is 5.56 Å². The van der Waals surface area contributed by atoms with Gasteiger partial charge in [-0.25, -0.2) is 0 Å². The largest absolute Gasteiger partial charge is 0.545 e. The Labute approximate surface area is 94.1 Å². The highest BCUT2D eigenvalue weighted by Gasteiger charge is 2.10. The van der Waals surface area contributed by atoms with Crippen molar-refractivity contribution in [3.63, 3.8) is 0 Å². The summed E-state index contributed by atoms with van der Waals surface area (Å²) < 4.78 is 10.2. The third kappa shape index (κ3) is 2.34. The Morgan fingerprint density at radius 3 is 2.44 bits per heavy atom. The summed E-state index contributed by atoms with van der Waals surface area (Å²) in [5, 5.41) is 10.8. The molecule has 1 rings (SSSR count). The van der Waals surface area contributed by atoms with Crippen LogP contribution in [0.2, 0.25) is 0 Å². The van der Waals surface area contributed by atoms with Crippen LogP contribution in [0.5, 0.6) is 11.5 Å². The van der Waals surface area contributed by atoms with E-state index in [0.29, 0.717) is 17.1 Å². The van der Waals surface area contributed by atoms with Gasteiger partial charge in [0.25, 0.3) is 0 Å². The quantitative estimate of drug-likeness (QED) is 0.764. The molecule has 86 valence electrons. The minimum atomic E-state index is -1.24. The van der Waals surface area contributed by atoms with Crippen molar-refractivity contribution in [3.8, 4) is 11.5 Å². The second-order valence-corrected chi connectivity index (χ2v) is 3.09. The lowest BCUT2D eigenvalue weighted by Gasteiger charge is -2.13. The Balaban J connectivity index is 3.42. The molecule has 0 bridgehead atoms. The fraction of sp³-hybridized carbons (Fsp3) is 0.250. The standard InChI is InChI=1S/C12H14O4/c1-4-5-8-6-9(12(13)14)7-10(15-2)11(8)16-3/h4-7H,1-3H3,(H,13,14)/p-1/b5-4+. The Kier molecular flexibility index (Phi) is 3.94. The van der Waals surface area contributed by atoms with Crippen molar-refractivity contribution >= 4 is 12.0 Å². The topological polar surface area (TPSA) is 58.6 Å². The molecule has 0 unspecified atom stereocenters. The second kappa shape index (κ2) is 5.21. The molecule has 0 spiro atoms. The summed E-state index contributed by atoms with van der Waals surface area (Å²) >= 11 is 0. The smallest absolute Gasteiger partial charge is 0.167 e. The molecule has 0 saturated carbocycles. The van der Waals surface area contributed by atoms with Crippen LogP contribution in [0.3, 0.4) is 0 Å². The fourth-order valence-electron chi connectivity index (χ4n) is 1.42.